The topological polar surface area (TPSA) is 45.7 Å². The average molecular weight is 408 g/mol. The van der Waals surface area contributed by atoms with Crippen LogP contribution in [0.1, 0.15) is 70.0 Å². The molecule has 30 heavy (non-hydrogen) atoms. The zero-order valence-corrected chi connectivity index (χ0v) is 18.4. The van der Waals surface area contributed by atoms with Crippen molar-refractivity contribution >= 4 is 11.9 Å². The Kier molecular flexibility index (Phi) is 6.09. The number of pyridine rings is 1. The molecule has 1 atom stereocenters. The summed E-state index contributed by atoms with van der Waals surface area (Å²) in [5.74, 6) is 0.695. The van der Waals surface area contributed by atoms with Crippen molar-refractivity contribution in [2.45, 2.75) is 77.1 Å². The van der Waals surface area contributed by atoms with Crippen LogP contribution in [0.4, 0.5) is 10.6 Å². The molecule has 2 aromatic rings. The third kappa shape index (κ3) is 5.20. The maximum Gasteiger partial charge on any atom is 0.416 e. The standard InChI is InChI=1S/C25H33N3O2/c1-25(2,3)30-24(29)28(21-13-14-21)23-15-12-20(17-26-23)22-11-7-8-16-27(22)18-19-9-5-4-6-10-19/h4-6,9-10,12,15,17,21-22H,7-8,11,13-14,16,18H2,1-3H3/t22-/m0/s1. The molecule has 1 aromatic heterocycles. The van der Waals surface area contributed by atoms with Crippen LogP contribution < -0.4 is 4.90 Å². The third-order valence-corrected chi connectivity index (χ3v) is 5.75. The van der Waals surface area contributed by atoms with E-state index in [-0.39, 0.29) is 12.1 Å². The third-order valence-electron chi connectivity index (χ3n) is 5.75. The zero-order chi connectivity index (χ0) is 21.1. The lowest BCUT2D eigenvalue weighted by molar-refractivity contribution is 0.0576. The highest BCUT2D eigenvalue weighted by atomic mass is 16.6. The number of likely N-dealkylation sites (tertiary alicyclic amines) is 1. The first-order valence-electron chi connectivity index (χ1n) is 11.2. The van der Waals surface area contributed by atoms with E-state index < -0.39 is 5.60 Å². The van der Waals surface area contributed by atoms with Crippen LogP contribution in [0.2, 0.25) is 0 Å². The Balaban J connectivity index is 1.50. The summed E-state index contributed by atoms with van der Waals surface area (Å²) in [6, 6.07) is 15.4. The van der Waals surface area contributed by atoms with E-state index in [1.54, 1.807) is 4.90 Å². The van der Waals surface area contributed by atoms with Crippen molar-refractivity contribution in [1.82, 2.24) is 9.88 Å². The molecule has 0 unspecified atom stereocenters. The fraction of sp³-hybridized carbons (Fsp3) is 0.520. The predicted molar refractivity (Wildman–Crippen MR) is 119 cm³/mol. The SMILES string of the molecule is CC(C)(C)OC(=O)N(c1ccc([C@@H]2CCCCN2Cc2ccccc2)cn1)C1CC1. The van der Waals surface area contributed by atoms with E-state index in [9.17, 15) is 4.79 Å². The number of ether oxygens (including phenoxy) is 1. The second kappa shape index (κ2) is 8.76. The lowest BCUT2D eigenvalue weighted by atomic mass is 9.95. The highest BCUT2D eigenvalue weighted by molar-refractivity contribution is 5.88. The highest BCUT2D eigenvalue weighted by Gasteiger charge is 2.37. The van der Waals surface area contributed by atoms with Crippen molar-refractivity contribution in [3.05, 3.63) is 59.8 Å². The van der Waals surface area contributed by atoms with Crippen molar-refractivity contribution in [3.8, 4) is 0 Å². The number of piperidine rings is 1. The second-order valence-electron chi connectivity index (χ2n) is 9.50. The van der Waals surface area contributed by atoms with Gasteiger partial charge in [-0.05, 0) is 70.2 Å². The Morgan fingerprint density at radius 3 is 2.50 bits per heavy atom. The molecule has 1 aromatic carbocycles. The van der Waals surface area contributed by atoms with Crippen LogP contribution in [0, 0.1) is 0 Å². The molecule has 1 aliphatic heterocycles. The van der Waals surface area contributed by atoms with E-state index >= 15 is 0 Å². The van der Waals surface area contributed by atoms with Gasteiger partial charge in [0.25, 0.3) is 0 Å². The summed E-state index contributed by atoms with van der Waals surface area (Å²) >= 11 is 0. The molecule has 160 valence electrons. The Bertz CT molecular complexity index is 841. The van der Waals surface area contributed by atoms with Crippen molar-refractivity contribution < 1.29 is 9.53 Å². The minimum atomic E-state index is -0.510. The number of hydrogen-bond acceptors (Lipinski definition) is 4. The molecule has 0 spiro atoms. The molecule has 2 aliphatic rings. The maximum atomic E-state index is 12.7. The Morgan fingerprint density at radius 2 is 1.87 bits per heavy atom. The van der Waals surface area contributed by atoms with E-state index in [2.05, 4.69) is 41.3 Å². The van der Waals surface area contributed by atoms with Gasteiger partial charge in [-0.1, -0.05) is 42.8 Å². The first kappa shape index (κ1) is 20.9. The summed E-state index contributed by atoms with van der Waals surface area (Å²) in [7, 11) is 0. The maximum absolute atomic E-state index is 12.7. The number of anilines is 1. The van der Waals surface area contributed by atoms with Gasteiger partial charge < -0.3 is 4.74 Å². The van der Waals surface area contributed by atoms with Crippen LogP contribution in [-0.2, 0) is 11.3 Å². The number of carbonyl (C=O) groups is 1. The molecule has 1 saturated heterocycles. The predicted octanol–water partition coefficient (Wildman–Crippen LogP) is 5.71. The van der Waals surface area contributed by atoms with Crippen LogP contribution in [0.5, 0.6) is 0 Å². The molecule has 1 amide bonds. The summed E-state index contributed by atoms with van der Waals surface area (Å²) in [5, 5.41) is 0. The largest absolute Gasteiger partial charge is 0.443 e. The molecule has 5 nitrogen and oxygen atoms in total. The monoisotopic (exact) mass is 407 g/mol. The Labute approximate surface area is 180 Å². The summed E-state index contributed by atoms with van der Waals surface area (Å²) in [4.78, 5) is 21.7. The van der Waals surface area contributed by atoms with Gasteiger partial charge in [-0.2, -0.15) is 0 Å². The Morgan fingerprint density at radius 1 is 1.10 bits per heavy atom. The molecule has 1 aliphatic carbocycles. The molecule has 1 saturated carbocycles. The minimum Gasteiger partial charge on any atom is -0.443 e. The van der Waals surface area contributed by atoms with Gasteiger partial charge in [0.1, 0.15) is 11.4 Å². The number of aromatic nitrogens is 1. The number of amides is 1. The lowest BCUT2D eigenvalue weighted by Crippen LogP contribution is -2.39. The normalized spacial score (nSPS) is 20.0. The van der Waals surface area contributed by atoms with Crippen molar-refractivity contribution in [2.75, 3.05) is 11.4 Å². The molecule has 4 rings (SSSR count). The molecular weight excluding hydrogens is 374 g/mol. The average Bonchev–Trinajstić information content (AvgIpc) is 3.54. The smallest absolute Gasteiger partial charge is 0.416 e. The number of nitrogens with zero attached hydrogens (tertiary/aromatic N) is 3. The molecular formula is C25H33N3O2. The molecule has 5 heteroatoms. The van der Waals surface area contributed by atoms with Crippen molar-refractivity contribution in [2.24, 2.45) is 0 Å². The van der Waals surface area contributed by atoms with E-state index in [0.717, 1.165) is 32.4 Å². The van der Waals surface area contributed by atoms with Crippen LogP contribution in [0.25, 0.3) is 0 Å². The highest BCUT2D eigenvalue weighted by Crippen LogP contribution is 2.35. The van der Waals surface area contributed by atoms with E-state index in [0.29, 0.717) is 11.9 Å². The van der Waals surface area contributed by atoms with E-state index in [4.69, 9.17) is 9.72 Å². The molecule has 2 fully saturated rings. The first-order chi connectivity index (χ1) is 14.4. The van der Waals surface area contributed by atoms with Gasteiger partial charge in [-0.25, -0.2) is 9.78 Å². The quantitative estimate of drug-likeness (QED) is 0.637. The van der Waals surface area contributed by atoms with Gasteiger partial charge in [0, 0.05) is 24.8 Å². The molecule has 2 heterocycles. The summed E-state index contributed by atoms with van der Waals surface area (Å²) in [5.41, 5.74) is 2.07. The van der Waals surface area contributed by atoms with Gasteiger partial charge in [0.05, 0.1) is 0 Å². The Hall–Kier alpha value is -2.40. The van der Waals surface area contributed by atoms with Gasteiger partial charge in [0.2, 0.25) is 0 Å². The fourth-order valence-electron chi connectivity index (χ4n) is 4.19. The molecule has 0 bridgehead atoms. The number of rotatable bonds is 5. The number of carbonyl (C=O) groups excluding carboxylic acids is 1. The number of benzene rings is 1. The van der Waals surface area contributed by atoms with Gasteiger partial charge in [-0.3, -0.25) is 9.80 Å². The van der Waals surface area contributed by atoms with Gasteiger partial charge in [0.15, 0.2) is 0 Å². The zero-order valence-electron chi connectivity index (χ0n) is 18.4. The fourth-order valence-corrected chi connectivity index (χ4v) is 4.19. The van der Waals surface area contributed by atoms with Crippen molar-refractivity contribution in [1.29, 1.82) is 0 Å². The van der Waals surface area contributed by atoms with Crippen LogP contribution >= 0.6 is 0 Å². The van der Waals surface area contributed by atoms with Crippen LogP contribution in [0.3, 0.4) is 0 Å². The first-order valence-corrected chi connectivity index (χ1v) is 11.2. The molecule has 0 radical (unpaired) electrons. The second-order valence-corrected chi connectivity index (χ2v) is 9.50. The number of hydrogen-bond donors (Lipinski definition) is 0. The van der Waals surface area contributed by atoms with E-state index in [1.165, 1.54) is 24.0 Å². The van der Waals surface area contributed by atoms with Crippen LogP contribution in [0.15, 0.2) is 48.7 Å². The summed E-state index contributed by atoms with van der Waals surface area (Å²) in [6.45, 7) is 7.76. The van der Waals surface area contributed by atoms with Crippen LogP contribution in [-0.4, -0.2) is 34.2 Å². The van der Waals surface area contributed by atoms with Gasteiger partial charge >= 0.3 is 6.09 Å². The van der Waals surface area contributed by atoms with Crippen molar-refractivity contribution in [3.63, 3.8) is 0 Å². The molecule has 0 N–H and O–H groups in total. The lowest BCUT2D eigenvalue weighted by Gasteiger charge is -2.36. The summed E-state index contributed by atoms with van der Waals surface area (Å²) in [6.07, 6.45) is 7.31. The van der Waals surface area contributed by atoms with Gasteiger partial charge in [-0.15, -0.1) is 0 Å². The minimum absolute atomic E-state index is 0.211. The summed E-state index contributed by atoms with van der Waals surface area (Å²) < 4.78 is 5.62. The van der Waals surface area contributed by atoms with E-state index in [1.807, 2.05) is 33.0 Å².